The second kappa shape index (κ2) is 4.93. The Kier molecular flexibility index (Phi) is 3.25. The predicted molar refractivity (Wildman–Crippen MR) is 80.6 cm³/mol. The number of rotatable bonds is 2. The van der Waals surface area contributed by atoms with Crippen LogP contribution in [0.5, 0.6) is 5.75 Å². The lowest BCUT2D eigenvalue weighted by Crippen LogP contribution is -2.16. The van der Waals surface area contributed by atoms with Gasteiger partial charge < -0.3 is 5.11 Å². The van der Waals surface area contributed by atoms with E-state index in [0.717, 1.165) is 24.0 Å². The van der Waals surface area contributed by atoms with Gasteiger partial charge in [-0.05, 0) is 60.1 Å². The molecule has 1 aromatic rings. The predicted octanol–water partition coefficient (Wildman–Crippen LogP) is 4.21. The van der Waals surface area contributed by atoms with E-state index in [2.05, 4.69) is 19.1 Å². The van der Waals surface area contributed by atoms with E-state index in [1.165, 1.54) is 11.1 Å². The van der Waals surface area contributed by atoms with Crippen LogP contribution in [-0.4, -0.2) is 10.9 Å². The SMILES string of the molecule is CCC=CC1c2cc(O)ccc2C2=C(C)C(=O)CCC21. The van der Waals surface area contributed by atoms with E-state index in [1.54, 1.807) is 6.07 Å². The van der Waals surface area contributed by atoms with Crippen molar-refractivity contribution in [3.05, 3.63) is 47.1 Å². The van der Waals surface area contributed by atoms with Crippen LogP contribution in [0.1, 0.15) is 50.2 Å². The number of Topliss-reactive ketones (excluding diaryl/α,β-unsaturated/α-hetero) is 1. The lowest BCUT2D eigenvalue weighted by Gasteiger charge is -2.24. The molecule has 0 radical (unpaired) electrons. The molecule has 2 heteroatoms. The molecule has 2 aliphatic carbocycles. The van der Waals surface area contributed by atoms with Crippen molar-refractivity contribution in [3.63, 3.8) is 0 Å². The third-order valence-electron chi connectivity index (χ3n) is 4.57. The lowest BCUT2D eigenvalue weighted by molar-refractivity contribution is -0.116. The van der Waals surface area contributed by atoms with E-state index in [0.29, 0.717) is 24.0 Å². The molecule has 0 spiro atoms. The lowest BCUT2D eigenvalue weighted by atomic mass is 9.79. The summed E-state index contributed by atoms with van der Waals surface area (Å²) in [5.74, 6) is 1.28. The second-order valence-electron chi connectivity index (χ2n) is 5.74. The van der Waals surface area contributed by atoms with Crippen LogP contribution in [-0.2, 0) is 4.79 Å². The maximum Gasteiger partial charge on any atom is 0.158 e. The van der Waals surface area contributed by atoms with Gasteiger partial charge in [0.05, 0.1) is 0 Å². The first kappa shape index (κ1) is 13.2. The van der Waals surface area contributed by atoms with Crippen LogP contribution in [0.2, 0.25) is 0 Å². The molecule has 104 valence electrons. The molecular formula is C18H20O2. The minimum atomic E-state index is 0.274. The Bertz CT molecular complexity index is 622. The number of carbonyl (C=O) groups excluding carboxylic acids is 1. The molecule has 20 heavy (non-hydrogen) atoms. The molecule has 0 aliphatic heterocycles. The zero-order chi connectivity index (χ0) is 14.3. The Balaban J connectivity index is 2.19. The number of aromatic hydroxyl groups is 1. The van der Waals surface area contributed by atoms with E-state index in [9.17, 15) is 9.90 Å². The van der Waals surface area contributed by atoms with Crippen molar-refractivity contribution in [3.8, 4) is 5.75 Å². The summed E-state index contributed by atoms with van der Waals surface area (Å²) in [4.78, 5) is 12.0. The van der Waals surface area contributed by atoms with E-state index in [-0.39, 0.29) is 5.78 Å². The van der Waals surface area contributed by atoms with Crippen molar-refractivity contribution in [2.75, 3.05) is 0 Å². The summed E-state index contributed by atoms with van der Waals surface area (Å²) in [5, 5.41) is 9.78. The van der Waals surface area contributed by atoms with Gasteiger partial charge in [-0.1, -0.05) is 25.1 Å². The summed E-state index contributed by atoms with van der Waals surface area (Å²) in [6, 6.07) is 5.55. The molecule has 0 heterocycles. The first-order valence-electron chi connectivity index (χ1n) is 7.37. The zero-order valence-corrected chi connectivity index (χ0v) is 12.0. The highest BCUT2D eigenvalue weighted by atomic mass is 16.3. The van der Waals surface area contributed by atoms with Crippen LogP contribution in [0.4, 0.5) is 0 Å². The maximum atomic E-state index is 12.0. The molecule has 1 aromatic carbocycles. The van der Waals surface area contributed by atoms with Gasteiger partial charge in [0, 0.05) is 12.3 Å². The van der Waals surface area contributed by atoms with Gasteiger partial charge in [0.25, 0.3) is 0 Å². The number of allylic oxidation sites excluding steroid dienone is 4. The molecule has 2 nitrogen and oxygen atoms in total. The molecule has 0 fully saturated rings. The smallest absolute Gasteiger partial charge is 0.158 e. The van der Waals surface area contributed by atoms with Gasteiger partial charge in [-0.2, -0.15) is 0 Å². The van der Waals surface area contributed by atoms with Gasteiger partial charge in [0.2, 0.25) is 0 Å². The van der Waals surface area contributed by atoms with Gasteiger partial charge in [0.15, 0.2) is 5.78 Å². The minimum absolute atomic E-state index is 0.274. The van der Waals surface area contributed by atoms with E-state index >= 15 is 0 Å². The van der Waals surface area contributed by atoms with Crippen molar-refractivity contribution in [2.45, 2.75) is 39.0 Å². The first-order valence-corrected chi connectivity index (χ1v) is 7.37. The van der Waals surface area contributed by atoms with E-state index in [4.69, 9.17) is 0 Å². The molecule has 0 aromatic heterocycles. The molecule has 0 saturated heterocycles. The van der Waals surface area contributed by atoms with Crippen molar-refractivity contribution in [1.29, 1.82) is 0 Å². The van der Waals surface area contributed by atoms with E-state index < -0.39 is 0 Å². The van der Waals surface area contributed by atoms with Crippen molar-refractivity contribution in [2.24, 2.45) is 5.92 Å². The average molecular weight is 268 g/mol. The van der Waals surface area contributed by atoms with Crippen LogP contribution in [0.15, 0.2) is 35.9 Å². The number of phenolic OH excluding ortho intramolecular Hbond substituents is 1. The Hall–Kier alpha value is -1.83. The van der Waals surface area contributed by atoms with Crippen LogP contribution in [0, 0.1) is 5.92 Å². The summed E-state index contributed by atoms with van der Waals surface area (Å²) >= 11 is 0. The molecule has 0 bridgehead atoms. The van der Waals surface area contributed by atoms with Gasteiger partial charge in [-0.15, -0.1) is 0 Å². The largest absolute Gasteiger partial charge is 0.508 e. The number of benzene rings is 1. The first-order chi connectivity index (χ1) is 9.63. The number of phenols is 1. The molecule has 0 saturated carbocycles. The fourth-order valence-electron chi connectivity index (χ4n) is 3.62. The summed E-state index contributed by atoms with van der Waals surface area (Å²) < 4.78 is 0. The Morgan fingerprint density at radius 1 is 1.40 bits per heavy atom. The Labute approximate surface area is 119 Å². The van der Waals surface area contributed by atoms with E-state index in [1.807, 2.05) is 19.1 Å². The Morgan fingerprint density at radius 2 is 2.20 bits per heavy atom. The second-order valence-corrected chi connectivity index (χ2v) is 5.74. The fourth-order valence-corrected chi connectivity index (χ4v) is 3.62. The van der Waals surface area contributed by atoms with Crippen LogP contribution >= 0.6 is 0 Å². The summed E-state index contributed by atoms with van der Waals surface area (Å²) in [6.07, 6.45) is 7.01. The molecule has 1 N–H and O–H groups in total. The Morgan fingerprint density at radius 3 is 2.95 bits per heavy atom. The zero-order valence-electron chi connectivity index (χ0n) is 12.0. The molecule has 0 amide bonds. The molecule has 2 unspecified atom stereocenters. The molecule has 2 aliphatic rings. The average Bonchev–Trinajstić information content (AvgIpc) is 2.74. The summed E-state index contributed by atoms with van der Waals surface area (Å²) in [7, 11) is 0. The normalized spacial score (nSPS) is 25.2. The van der Waals surface area contributed by atoms with Crippen molar-refractivity contribution < 1.29 is 9.90 Å². The molecule has 2 atom stereocenters. The third-order valence-corrected chi connectivity index (χ3v) is 4.57. The van der Waals surface area contributed by atoms with Crippen LogP contribution in [0.3, 0.4) is 0 Å². The van der Waals surface area contributed by atoms with Crippen molar-refractivity contribution in [1.82, 2.24) is 0 Å². The topological polar surface area (TPSA) is 37.3 Å². The van der Waals surface area contributed by atoms with Crippen molar-refractivity contribution >= 4 is 11.4 Å². The highest BCUT2D eigenvalue weighted by molar-refractivity contribution is 6.05. The van der Waals surface area contributed by atoms with Crippen LogP contribution < -0.4 is 0 Å². The summed E-state index contributed by atoms with van der Waals surface area (Å²) in [5.41, 5.74) is 4.45. The van der Waals surface area contributed by atoms with Gasteiger partial charge in [-0.25, -0.2) is 0 Å². The quantitative estimate of drug-likeness (QED) is 0.816. The number of ketones is 1. The molecule has 3 rings (SSSR count). The monoisotopic (exact) mass is 268 g/mol. The minimum Gasteiger partial charge on any atom is -0.508 e. The van der Waals surface area contributed by atoms with Crippen LogP contribution in [0.25, 0.3) is 5.57 Å². The molecular weight excluding hydrogens is 248 g/mol. The number of hydrogen-bond acceptors (Lipinski definition) is 2. The third kappa shape index (κ3) is 1.91. The summed E-state index contributed by atoms with van der Waals surface area (Å²) in [6.45, 7) is 4.08. The highest BCUT2D eigenvalue weighted by Gasteiger charge is 2.39. The number of carbonyl (C=O) groups is 1. The van der Waals surface area contributed by atoms with Gasteiger partial charge in [-0.3, -0.25) is 4.79 Å². The number of fused-ring (bicyclic) bond motifs is 3. The number of hydrogen-bond donors (Lipinski definition) is 1. The standard InChI is InChI=1S/C18H20O2/c1-3-4-5-13-14-8-9-17(20)11(2)18(14)15-7-6-12(19)10-16(13)15/h4-7,10,13-14,19H,3,8-9H2,1-2H3. The van der Waals surface area contributed by atoms with Gasteiger partial charge >= 0.3 is 0 Å². The highest BCUT2D eigenvalue weighted by Crippen LogP contribution is 2.52. The maximum absolute atomic E-state index is 12.0. The fraction of sp³-hybridized carbons (Fsp3) is 0.389. The van der Waals surface area contributed by atoms with Gasteiger partial charge in [0.1, 0.15) is 5.75 Å².